The van der Waals surface area contributed by atoms with Gasteiger partial charge in [0.15, 0.2) is 0 Å². The van der Waals surface area contributed by atoms with E-state index in [9.17, 15) is 14.4 Å². The molecule has 1 aromatic rings. The standard InChI is InChI=1S/C32H46N4O4/c37-29(36-17-8-1-2-9-18-36)24-35-19-13-27-26(23-35)12-6-7-14-32(15-20-40-21-16-32)31(39)34-28(30(38)33-27)22-25-10-4-3-5-11-25/h3-7,10-11,26-28H,1-2,8-9,12-24H2,(H,33,38)(H,34,39)/b7-6+/t26-,27+,28-/m1/s1. The van der Waals surface area contributed by atoms with E-state index in [2.05, 4.69) is 27.7 Å². The summed E-state index contributed by atoms with van der Waals surface area (Å²) in [6.45, 7) is 4.88. The molecule has 4 heterocycles. The first-order chi connectivity index (χ1) is 19.5. The molecule has 0 aliphatic carbocycles. The lowest BCUT2D eigenvalue weighted by Gasteiger charge is -2.40. The van der Waals surface area contributed by atoms with E-state index in [4.69, 9.17) is 4.74 Å². The van der Waals surface area contributed by atoms with E-state index in [0.717, 1.165) is 57.4 Å². The third kappa shape index (κ3) is 7.32. The summed E-state index contributed by atoms with van der Waals surface area (Å²) in [7, 11) is 0. The minimum absolute atomic E-state index is 0.00771. The molecule has 2 N–H and O–H groups in total. The summed E-state index contributed by atoms with van der Waals surface area (Å²) in [6.07, 6.45) is 13.0. The molecular formula is C32H46N4O4. The van der Waals surface area contributed by atoms with Gasteiger partial charge >= 0.3 is 0 Å². The molecule has 0 unspecified atom stereocenters. The molecule has 218 valence electrons. The monoisotopic (exact) mass is 550 g/mol. The van der Waals surface area contributed by atoms with E-state index < -0.39 is 11.5 Å². The van der Waals surface area contributed by atoms with Crippen molar-refractivity contribution in [2.45, 2.75) is 76.3 Å². The Hall–Kier alpha value is -2.71. The zero-order chi connectivity index (χ0) is 27.8. The van der Waals surface area contributed by atoms with Gasteiger partial charge in [0.1, 0.15) is 6.04 Å². The molecule has 3 saturated heterocycles. The fourth-order valence-electron chi connectivity index (χ4n) is 6.81. The molecule has 5 rings (SSSR count). The molecule has 4 aliphatic rings. The summed E-state index contributed by atoms with van der Waals surface area (Å²) >= 11 is 0. The lowest BCUT2D eigenvalue weighted by molar-refractivity contribution is -0.140. The highest BCUT2D eigenvalue weighted by atomic mass is 16.5. The van der Waals surface area contributed by atoms with Crippen molar-refractivity contribution in [3.8, 4) is 0 Å². The Labute approximate surface area is 238 Å². The molecule has 40 heavy (non-hydrogen) atoms. The van der Waals surface area contributed by atoms with Crippen LogP contribution in [0.5, 0.6) is 0 Å². The first-order valence-electron chi connectivity index (χ1n) is 15.4. The molecule has 1 spiro atoms. The zero-order valence-electron chi connectivity index (χ0n) is 23.8. The van der Waals surface area contributed by atoms with Crippen molar-refractivity contribution >= 4 is 17.7 Å². The molecule has 3 atom stereocenters. The first kappa shape index (κ1) is 28.8. The van der Waals surface area contributed by atoms with Gasteiger partial charge in [-0.15, -0.1) is 0 Å². The number of rotatable bonds is 4. The number of nitrogens with zero attached hydrogens (tertiary/aromatic N) is 2. The summed E-state index contributed by atoms with van der Waals surface area (Å²) < 4.78 is 5.61. The van der Waals surface area contributed by atoms with Crippen LogP contribution in [0.25, 0.3) is 0 Å². The SMILES string of the molecule is O=C1N[C@H]2CCN(CC(=O)N3CCCCCC3)C[C@H]2C/C=C/CC2(CCOCC2)C(=O)N[C@@H]1Cc1ccccc1. The molecule has 0 saturated carbocycles. The van der Waals surface area contributed by atoms with Crippen LogP contribution in [0.4, 0.5) is 0 Å². The maximum absolute atomic E-state index is 13.8. The van der Waals surface area contributed by atoms with E-state index in [1.807, 2.05) is 35.2 Å². The van der Waals surface area contributed by atoms with Crippen molar-refractivity contribution in [2.75, 3.05) is 45.9 Å². The number of allylic oxidation sites excluding steroid dienone is 2. The predicted molar refractivity (Wildman–Crippen MR) is 154 cm³/mol. The Morgan fingerprint density at radius 2 is 1.70 bits per heavy atom. The Bertz CT molecular complexity index is 1030. The smallest absolute Gasteiger partial charge is 0.243 e. The van der Waals surface area contributed by atoms with Crippen molar-refractivity contribution in [2.24, 2.45) is 11.3 Å². The summed E-state index contributed by atoms with van der Waals surface area (Å²) in [6, 6.07) is 9.27. The molecule has 0 radical (unpaired) electrons. The highest BCUT2D eigenvalue weighted by Crippen LogP contribution is 2.36. The number of carbonyl (C=O) groups excluding carboxylic acids is 3. The summed E-state index contributed by atoms with van der Waals surface area (Å²) in [4.78, 5) is 44.9. The van der Waals surface area contributed by atoms with Gasteiger partial charge in [0.2, 0.25) is 17.7 Å². The van der Waals surface area contributed by atoms with Crippen LogP contribution in [-0.4, -0.2) is 85.5 Å². The molecule has 8 nitrogen and oxygen atoms in total. The highest BCUT2D eigenvalue weighted by Gasteiger charge is 2.41. The lowest BCUT2D eigenvalue weighted by Crippen LogP contribution is -2.58. The number of nitrogens with one attached hydrogen (secondary N) is 2. The Balaban J connectivity index is 1.32. The largest absolute Gasteiger partial charge is 0.381 e. The summed E-state index contributed by atoms with van der Waals surface area (Å²) in [5.74, 6) is 0.285. The number of amides is 3. The van der Waals surface area contributed by atoms with Crippen LogP contribution in [0, 0.1) is 11.3 Å². The Morgan fingerprint density at radius 3 is 2.45 bits per heavy atom. The number of ether oxygens (including phenoxy) is 1. The normalized spacial score (nSPS) is 29.2. The second-order valence-electron chi connectivity index (χ2n) is 12.2. The van der Waals surface area contributed by atoms with Crippen molar-refractivity contribution < 1.29 is 19.1 Å². The maximum atomic E-state index is 13.8. The Morgan fingerprint density at radius 1 is 0.950 bits per heavy atom. The number of benzene rings is 1. The molecule has 1 aromatic carbocycles. The third-order valence-corrected chi connectivity index (χ3v) is 9.41. The van der Waals surface area contributed by atoms with Gasteiger partial charge in [-0.1, -0.05) is 55.3 Å². The van der Waals surface area contributed by atoms with Gasteiger partial charge in [-0.2, -0.15) is 0 Å². The van der Waals surface area contributed by atoms with Crippen molar-refractivity contribution in [1.82, 2.24) is 20.4 Å². The van der Waals surface area contributed by atoms with Crippen LogP contribution >= 0.6 is 0 Å². The topological polar surface area (TPSA) is 91.0 Å². The molecule has 0 aromatic heterocycles. The molecule has 8 heteroatoms. The number of carbonyl (C=O) groups is 3. The summed E-state index contributed by atoms with van der Waals surface area (Å²) in [5, 5.41) is 6.49. The van der Waals surface area contributed by atoms with Gasteiger partial charge < -0.3 is 20.3 Å². The van der Waals surface area contributed by atoms with E-state index in [-0.39, 0.29) is 29.7 Å². The molecular weight excluding hydrogens is 504 g/mol. The van der Waals surface area contributed by atoms with Gasteiger partial charge in [0, 0.05) is 51.9 Å². The van der Waals surface area contributed by atoms with E-state index in [0.29, 0.717) is 45.4 Å². The number of likely N-dealkylation sites (tertiary alicyclic amines) is 2. The van der Waals surface area contributed by atoms with Gasteiger partial charge in [0.05, 0.1) is 12.0 Å². The van der Waals surface area contributed by atoms with Gasteiger partial charge in [-0.05, 0) is 56.4 Å². The van der Waals surface area contributed by atoms with Crippen molar-refractivity contribution in [3.05, 3.63) is 48.0 Å². The van der Waals surface area contributed by atoms with Gasteiger partial charge in [0.25, 0.3) is 0 Å². The maximum Gasteiger partial charge on any atom is 0.243 e. The number of hydrogen-bond donors (Lipinski definition) is 2. The fraction of sp³-hybridized carbons (Fsp3) is 0.656. The summed E-state index contributed by atoms with van der Waals surface area (Å²) in [5.41, 5.74) is 0.468. The zero-order valence-corrected chi connectivity index (χ0v) is 23.8. The molecule has 3 amide bonds. The van der Waals surface area contributed by atoms with Crippen molar-refractivity contribution in [3.63, 3.8) is 0 Å². The minimum Gasteiger partial charge on any atom is -0.381 e. The third-order valence-electron chi connectivity index (χ3n) is 9.41. The number of piperidine rings is 1. The number of hydrogen-bond acceptors (Lipinski definition) is 5. The van der Waals surface area contributed by atoms with E-state index in [1.54, 1.807) is 0 Å². The van der Waals surface area contributed by atoms with Crippen LogP contribution in [0.2, 0.25) is 0 Å². The Kier molecular flexibility index (Phi) is 9.92. The molecule has 4 aliphatic heterocycles. The number of fused-ring (bicyclic) bond motifs is 1. The van der Waals surface area contributed by atoms with E-state index in [1.165, 1.54) is 12.8 Å². The van der Waals surface area contributed by atoms with Gasteiger partial charge in [-0.3, -0.25) is 19.3 Å². The van der Waals surface area contributed by atoms with Crippen LogP contribution in [0.15, 0.2) is 42.5 Å². The lowest BCUT2D eigenvalue weighted by atomic mass is 9.75. The first-order valence-corrected chi connectivity index (χ1v) is 15.4. The predicted octanol–water partition coefficient (Wildman–Crippen LogP) is 3.07. The second-order valence-corrected chi connectivity index (χ2v) is 12.2. The van der Waals surface area contributed by atoms with Crippen LogP contribution < -0.4 is 10.6 Å². The van der Waals surface area contributed by atoms with Gasteiger partial charge in [-0.25, -0.2) is 0 Å². The average Bonchev–Trinajstić information content (AvgIpc) is 3.27. The average molecular weight is 551 g/mol. The van der Waals surface area contributed by atoms with Crippen LogP contribution in [0.3, 0.4) is 0 Å². The molecule has 3 fully saturated rings. The minimum atomic E-state index is -0.638. The van der Waals surface area contributed by atoms with Crippen molar-refractivity contribution in [1.29, 1.82) is 0 Å². The molecule has 0 bridgehead atoms. The quantitative estimate of drug-likeness (QED) is 0.563. The fourth-order valence-corrected chi connectivity index (χ4v) is 6.81. The highest BCUT2D eigenvalue weighted by molar-refractivity contribution is 5.90. The van der Waals surface area contributed by atoms with Crippen LogP contribution in [0.1, 0.15) is 63.4 Å². The van der Waals surface area contributed by atoms with E-state index >= 15 is 0 Å². The van der Waals surface area contributed by atoms with Crippen LogP contribution in [-0.2, 0) is 25.5 Å². The second kappa shape index (κ2) is 13.8.